The lowest BCUT2D eigenvalue weighted by Crippen LogP contribution is -2.49. The number of rotatable bonds is 9. The number of nitriles is 1. The van der Waals surface area contributed by atoms with E-state index < -0.39 is 0 Å². The Labute approximate surface area is 103 Å². The summed E-state index contributed by atoms with van der Waals surface area (Å²) in [5, 5.41) is 12.9. The van der Waals surface area contributed by atoms with Crippen LogP contribution in [0.1, 0.15) is 26.2 Å². The summed E-state index contributed by atoms with van der Waals surface area (Å²) < 4.78 is 5.02. The first kappa shape index (κ1) is 13.8. The highest BCUT2D eigenvalue weighted by molar-refractivity contribution is 7.99. The van der Waals surface area contributed by atoms with Crippen LogP contribution in [0.15, 0.2) is 0 Å². The Morgan fingerprint density at radius 2 is 2.31 bits per heavy atom. The van der Waals surface area contributed by atoms with Crippen molar-refractivity contribution in [3.63, 3.8) is 0 Å². The van der Waals surface area contributed by atoms with Crippen molar-refractivity contribution in [2.75, 3.05) is 31.8 Å². The molecule has 0 heterocycles. The zero-order chi connectivity index (χ0) is 11.9. The molecule has 4 heteroatoms. The number of ether oxygens (including phenoxy) is 1. The van der Waals surface area contributed by atoms with E-state index in [9.17, 15) is 5.26 Å². The summed E-state index contributed by atoms with van der Waals surface area (Å²) in [5.74, 6) is 2.43. The van der Waals surface area contributed by atoms with Crippen LogP contribution in [0.3, 0.4) is 0 Å². The normalized spacial score (nSPS) is 19.1. The van der Waals surface area contributed by atoms with E-state index in [0.29, 0.717) is 5.92 Å². The molecular formula is C12H22N2OS. The van der Waals surface area contributed by atoms with Crippen molar-refractivity contribution in [2.45, 2.75) is 31.7 Å². The summed E-state index contributed by atoms with van der Waals surface area (Å²) >= 11 is 1.82. The molecule has 0 saturated heterocycles. The highest BCUT2D eigenvalue weighted by Crippen LogP contribution is 2.41. The van der Waals surface area contributed by atoms with Gasteiger partial charge in [-0.3, -0.25) is 5.32 Å². The summed E-state index contributed by atoms with van der Waals surface area (Å²) in [5.41, 5.74) is -0.283. The van der Waals surface area contributed by atoms with Gasteiger partial charge in [0, 0.05) is 18.6 Å². The summed E-state index contributed by atoms with van der Waals surface area (Å²) in [6.07, 6.45) is 3.49. The third-order valence-electron chi connectivity index (χ3n) is 2.93. The molecule has 1 rings (SSSR count). The van der Waals surface area contributed by atoms with Crippen LogP contribution in [0.2, 0.25) is 0 Å². The lowest BCUT2D eigenvalue weighted by atomic mass is 9.97. The van der Waals surface area contributed by atoms with Crippen molar-refractivity contribution in [1.29, 1.82) is 5.26 Å². The Morgan fingerprint density at radius 3 is 2.81 bits per heavy atom. The van der Waals surface area contributed by atoms with Gasteiger partial charge < -0.3 is 4.74 Å². The first-order valence-corrected chi connectivity index (χ1v) is 7.17. The van der Waals surface area contributed by atoms with Gasteiger partial charge in [0.25, 0.3) is 0 Å². The first-order valence-electron chi connectivity index (χ1n) is 6.02. The standard InChI is InChI=1S/C12H22N2OS/c1-3-6-14-12(9-13,11-4-5-11)10-16-8-7-15-2/h11,14H,3-8,10H2,1-2H3. The summed E-state index contributed by atoms with van der Waals surface area (Å²) in [4.78, 5) is 0. The van der Waals surface area contributed by atoms with Gasteiger partial charge in [0.1, 0.15) is 5.54 Å². The van der Waals surface area contributed by atoms with Gasteiger partial charge in [-0.05, 0) is 31.7 Å². The average Bonchev–Trinajstić information content (AvgIpc) is 3.13. The zero-order valence-electron chi connectivity index (χ0n) is 10.3. The van der Waals surface area contributed by atoms with E-state index in [1.807, 2.05) is 11.8 Å². The highest BCUT2D eigenvalue weighted by Gasteiger charge is 2.45. The molecule has 3 nitrogen and oxygen atoms in total. The molecule has 1 atom stereocenters. The number of hydrogen-bond acceptors (Lipinski definition) is 4. The Bertz CT molecular complexity index is 238. The molecule has 16 heavy (non-hydrogen) atoms. The van der Waals surface area contributed by atoms with E-state index in [2.05, 4.69) is 18.3 Å². The minimum atomic E-state index is -0.283. The van der Waals surface area contributed by atoms with E-state index in [1.54, 1.807) is 7.11 Å². The Kier molecular flexibility index (Phi) is 6.18. The SMILES string of the molecule is CCCNC(C#N)(CSCCOC)C1CC1. The molecule has 1 aliphatic rings. The second-order valence-corrected chi connectivity index (χ2v) is 5.43. The summed E-state index contributed by atoms with van der Waals surface area (Å²) in [6, 6.07) is 2.52. The molecule has 0 aromatic rings. The predicted octanol–water partition coefficient (Wildman–Crippen LogP) is 2.04. The van der Waals surface area contributed by atoms with Gasteiger partial charge in [-0.25, -0.2) is 0 Å². The van der Waals surface area contributed by atoms with Crippen molar-refractivity contribution >= 4 is 11.8 Å². The molecule has 1 unspecified atom stereocenters. The van der Waals surface area contributed by atoms with Crippen LogP contribution < -0.4 is 5.32 Å². The van der Waals surface area contributed by atoms with E-state index in [4.69, 9.17) is 4.74 Å². The second kappa shape index (κ2) is 7.16. The molecular weight excluding hydrogens is 220 g/mol. The quantitative estimate of drug-likeness (QED) is 0.628. The first-order chi connectivity index (χ1) is 7.79. The minimum absolute atomic E-state index is 0.283. The van der Waals surface area contributed by atoms with E-state index >= 15 is 0 Å². The van der Waals surface area contributed by atoms with Crippen LogP contribution in [0.5, 0.6) is 0 Å². The summed E-state index contributed by atoms with van der Waals surface area (Å²) in [7, 11) is 1.72. The molecule has 92 valence electrons. The molecule has 0 aliphatic heterocycles. The fourth-order valence-corrected chi connectivity index (χ4v) is 2.93. The van der Waals surface area contributed by atoms with Crippen LogP contribution in [-0.2, 0) is 4.74 Å². The third kappa shape index (κ3) is 3.97. The third-order valence-corrected chi connectivity index (χ3v) is 4.04. The lowest BCUT2D eigenvalue weighted by Gasteiger charge is -2.27. The van der Waals surface area contributed by atoms with Crippen molar-refractivity contribution < 1.29 is 4.74 Å². The molecule has 1 saturated carbocycles. The van der Waals surface area contributed by atoms with Crippen molar-refractivity contribution in [1.82, 2.24) is 5.32 Å². The van der Waals surface area contributed by atoms with Crippen LogP contribution in [0, 0.1) is 17.2 Å². The lowest BCUT2D eigenvalue weighted by molar-refractivity contribution is 0.218. The zero-order valence-corrected chi connectivity index (χ0v) is 11.1. The number of hydrogen-bond donors (Lipinski definition) is 1. The maximum Gasteiger partial charge on any atom is 0.118 e. The van der Waals surface area contributed by atoms with Crippen LogP contribution in [0.4, 0.5) is 0 Å². The maximum atomic E-state index is 9.41. The van der Waals surface area contributed by atoms with Crippen molar-refractivity contribution in [3.8, 4) is 6.07 Å². The molecule has 1 N–H and O–H groups in total. The van der Waals surface area contributed by atoms with Gasteiger partial charge >= 0.3 is 0 Å². The Morgan fingerprint density at radius 1 is 1.56 bits per heavy atom. The van der Waals surface area contributed by atoms with Crippen LogP contribution >= 0.6 is 11.8 Å². The average molecular weight is 242 g/mol. The molecule has 0 aromatic heterocycles. The fourth-order valence-electron chi connectivity index (χ4n) is 1.78. The highest BCUT2D eigenvalue weighted by atomic mass is 32.2. The number of thioether (sulfide) groups is 1. The number of nitrogens with one attached hydrogen (secondary N) is 1. The van der Waals surface area contributed by atoms with Gasteiger partial charge in [-0.1, -0.05) is 6.92 Å². The maximum absolute atomic E-state index is 9.41. The van der Waals surface area contributed by atoms with E-state index in [1.165, 1.54) is 12.8 Å². The molecule has 0 radical (unpaired) electrons. The molecule has 0 bridgehead atoms. The van der Waals surface area contributed by atoms with Gasteiger partial charge in [0.2, 0.25) is 0 Å². The van der Waals surface area contributed by atoms with Gasteiger partial charge in [-0.15, -0.1) is 0 Å². The topological polar surface area (TPSA) is 45.0 Å². The number of methoxy groups -OCH3 is 1. The molecule has 1 fully saturated rings. The van der Waals surface area contributed by atoms with Gasteiger partial charge in [0.15, 0.2) is 0 Å². The molecule has 0 spiro atoms. The van der Waals surface area contributed by atoms with E-state index in [0.717, 1.165) is 31.1 Å². The fraction of sp³-hybridized carbons (Fsp3) is 0.917. The molecule has 1 aliphatic carbocycles. The largest absolute Gasteiger partial charge is 0.384 e. The van der Waals surface area contributed by atoms with E-state index in [-0.39, 0.29) is 5.54 Å². The van der Waals surface area contributed by atoms with Gasteiger partial charge in [0.05, 0.1) is 12.7 Å². The predicted molar refractivity (Wildman–Crippen MR) is 68.6 cm³/mol. The van der Waals surface area contributed by atoms with Crippen LogP contribution in [-0.4, -0.2) is 37.3 Å². The smallest absolute Gasteiger partial charge is 0.118 e. The number of nitrogens with zero attached hydrogens (tertiary/aromatic N) is 1. The Hall–Kier alpha value is -0.240. The van der Waals surface area contributed by atoms with Crippen molar-refractivity contribution in [3.05, 3.63) is 0 Å². The second-order valence-electron chi connectivity index (χ2n) is 4.33. The molecule has 0 aromatic carbocycles. The summed E-state index contributed by atoms with van der Waals surface area (Å²) in [6.45, 7) is 3.85. The monoisotopic (exact) mass is 242 g/mol. The Balaban J connectivity index is 2.39. The van der Waals surface area contributed by atoms with Gasteiger partial charge in [-0.2, -0.15) is 17.0 Å². The minimum Gasteiger partial charge on any atom is -0.384 e. The molecule has 0 amide bonds. The van der Waals surface area contributed by atoms with Crippen LogP contribution in [0.25, 0.3) is 0 Å². The van der Waals surface area contributed by atoms with Crippen molar-refractivity contribution in [2.24, 2.45) is 5.92 Å².